The third-order valence-electron chi connectivity index (χ3n) is 3.24. The molecule has 94 valence electrons. The van der Waals surface area contributed by atoms with Crippen LogP contribution in [0.1, 0.15) is 12.8 Å². The zero-order valence-corrected chi connectivity index (χ0v) is 12.4. The van der Waals surface area contributed by atoms with Gasteiger partial charge in [0.25, 0.3) is 0 Å². The normalized spacial score (nSPS) is 21.5. The number of nitrogens with zero attached hydrogens (tertiary/aromatic N) is 1. The van der Waals surface area contributed by atoms with Crippen LogP contribution in [0.2, 0.25) is 5.02 Å². The van der Waals surface area contributed by atoms with E-state index < -0.39 is 0 Å². The van der Waals surface area contributed by atoms with Crippen LogP contribution in [0, 0.1) is 5.92 Å². The van der Waals surface area contributed by atoms with Crippen molar-refractivity contribution >= 4 is 33.2 Å². The summed E-state index contributed by atoms with van der Waals surface area (Å²) in [6.45, 7) is 3.46. The van der Waals surface area contributed by atoms with Crippen molar-refractivity contribution in [3.05, 3.63) is 27.7 Å². The highest BCUT2D eigenvalue weighted by Crippen LogP contribution is 2.26. The standard InChI is InChI=1S/C13H18BrClN2/c1-17-6-2-3-10(9-17)8-16-11-4-5-12(14)13(15)7-11/h4-5,7,10,16H,2-3,6,8-9H2,1H3. The maximum absolute atomic E-state index is 6.06. The maximum Gasteiger partial charge on any atom is 0.0568 e. The molecule has 1 N–H and O–H groups in total. The lowest BCUT2D eigenvalue weighted by Gasteiger charge is -2.30. The van der Waals surface area contributed by atoms with Crippen LogP contribution in [0.15, 0.2) is 22.7 Å². The molecule has 0 aromatic heterocycles. The average molecular weight is 318 g/mol. The largest absolute Gasteiger partial charge is 0.385 e. The molecule has 0 spiro atoms. The Morgan fingerprint density at radius 1 is 1.53 bits per heavy atom. The van der Waals surface area contributed by atoms with E-state index in [2.05, 4.69) is 39.3 Å². The zero-order valence-electron chi connectivity index (χ0n) is 10.0. The molecule has 0 radical (unpaired) electrons. The lowest BCUT2D eigenvalue weighted by molar-refractivity contribution is 0.217. The van der Waals surface area contributed by atoms with Gasteiger partial charge in [-0.15, -0.1) is 0 Å². The Morgan fingerprint density at radius 3 is 3.06 bits per heavy atom. The Hall–Kier alpha value is -0.250. The minimum absolute atomic E-state index is 0.746. The van der Waals surface area contributed by atoms with Crippen LogP contribution in [-0.4, -0.2) is 31.6 Å². The highest BCUT2D eigenvalue weighted by molar-refractivity contribution is 9.10. The van der Waals surface area contributed by atoms with Gasteiger partial charge in [-0.3, -0.25) is 0 Å². The van der Waals surface area contributed by atoms with E-state index in [1.54, 1.807) is 0 Å². The van der Waals surface area contributed by atoms with Crippen LogP contribution in [0.4, 0.5) is 5.69 Å². The Balaban J connectivity index is 1.86. The lowest BCUT2D eigenvalue weighted by atomic mass is 9.98. The van der Waals surface area contributed by atoms with E-state index in [0.717, 1.165) is 27.6 Å². The average Bonchev–Trinajstić information content (AvgIpc) is 2.31. The summed E-state index contributed by atoms with van der Waals surface area (Å²) >= 11 is 9.46. The molecule has 17 heavy (non-hydrogen) atoms. The topological polar surface area (TPSA) is 15.3 Å². The number of anilines is 1. The minimum Gasteiger partial charge on any atom is -0.385 e. The van der Waals surface area contributed by atoms with Gasteiger partial charge in [-0.25, -0.2) is 0 Å². The molecule has 2 rings (SSSR count). The molecule has 1 unspecified atom stereocenters. The zero-order chi connectivity index (χ0) is 12.3. The first-order chi connectivity index (χ1) is 8.15. The maximum atomic E-state index is 6.06. The highest BCUT2D eigenvalue weighted by Gasteiger charge is 2.16. The molecule has 0 amide bonds. The molecule has 1 aromatic rings. The van der Waals surface area contributed by atoms with Gasteiger partial charge >= 0.3 is 0 Å². The van der Waals surface area contributed by atoms with E-state index in [4.69, 9.17) is 11.6 Å². The smallest absolute Gasteiger partial charge is 0.0568 e. The number of rotatable bonds is 3. The molecule has 0 aliphatic carbocycles. The number of hydrogen-bond acceptors (Lipinski definition) is 2. The van der Waals surface area contributed by atoms with E-state index in [1.807, 2.05) is 12.1 Å². The fourth-order valence-corrected chi connectivity index (χ4v) is 2.74. The number of halogens is 2. The van der Waals surface area contributed by atoms with Crippen molar-refractivity contribution in [2.45, 2.75) is 12.8 Å². The minimum atomic E-state index is 0.746. The quantitative estimate of drug-likeness (QED) is 0.911. The molecule has 1 heterocycles. The van der Waals surface area contributed by atoms with Crippen LogP contribution >= 0.6 is 27.5 Å². The Morgan fingerprint density at radius 2 is 2.35 bits per heavy atom. The van der Waals surface area contributed by atoms with Crippen molar-refractivity contribution in [3.63, 3.8) is 0 Å². The highest BCUT2D eigenvalue weighted by atomic mass is 79.9. The van der Waals surface area contributed by atoms with Crippen molar-refractivity contribution in [1.82, 2.24) is 4.90 Å². The molecule has 1 fully saturated rings. The van der Waals surface area contributed by atoms with Crippen molar-refractivity contribution in [1.29, 1.82) is 0 Å². The second kappa shape index (κ2) is 6.07. The lowest BCUT2D eigenvalue weighted by Crippen LogP contribution is -2.35. The summed E-state index contributed by atoms with van der Waals surface area (Å²) in [5.74, 6) is 0.746. The molecule has 1 aliphatic rings. The van der Waals surface area contributed by atoms with Crippen molar-refractivity contribution < 1.29 is 0 Å². The Bertz CT molecular complexity index is 384. The first-order valence-corrected chi connectivity index (χ1v) is 7.19. The number of nitrogens with one attached hydrogen (secondary N) is 1. The summed E-state index contributed by atoms with van der Waals surface area (Å²) in [5.41, 5.74) is 1.10. The first kappa shape index (κ1) is 13.2. The predicted octanol–water partition coefficient (Wildman–Crippen LogP) is 3.86. The third kappa shape index (κ3) is 3.87. The molecule has 1 atom stereocenters. The Kier molecular flexibility index (Phi) is 4.71. The van der Waals surface area contributed by atoms with E-state index in [9.17, 15) is 0 Å². The molecule has 1 aromatic carbocycles. The first-order valence-electron chi connectivity index (χ1n) is 6.02. The van der Waals surface area contributed by atoms with Crippen molar-refractivity contribution in [2.24, 2.45) is 5.92 Å². The van der Waals surface area contributed by atoms with Crippen molar-refractivity contribution in [3.8, 4) is 0 Å². The second-order valence-corrected chi connectivity index (χ2v) is 6.04. The van der Waals surface area contributed by atoms with Crippen LogP contribution in [0.25, 0.3) is 0 Å². The summed E-state index contributed by atoms with van der Waals surface area (Å²) in [6.07, 6.45) is 2.63. The fourth-order valence-electron chi connectivity index (χ4n) is 2.31. The fraction of sp³-hybridized carbons (Fsp3) is 0.538. The predicted molar refractivity (Wildman–Crippen MR) is 77.9 cm³/mol. The second-order valence-electron chi connectivity index (χ2n) is 4.78. The summed E-state index contributed by atoms with van der Waals surface area (Å²) in [7, 11) is 2.20. The molecule has 4 heteroatoms. The van der Waals surface area contributed by atoms with E-state index in [0.29, 0.717) is 0 Å². The molecule has 1 saturated heterocycles. The van der Waals surface area contributed by atoms with E-state index in [-0.39, 0.29) is 0 Å². The molecule has 0 bridgehead atoms. The van der Waals surface area contributed by atoms with Gasteiger partial charge in [0.2, 0.25) is 0 Å². The van der Waals surface area contributed by atoms with Gasteiger partial charge < -0.3 is 10.2 Å². The molecule has 2 nitrogen and oxygen atoms in total. The van der Waals surface area contributed by atoms with Gasteiger partial charge in [0.05, 0.1) is 5.02 Å². The molecular weight excluding hydrogens is 300 g/mol. The summed E-state index contributed by atoms with van der Waals surface area (Å²) in [5, 5.41) is 4.23. The summed E-state index contributed by atoms with van der Waals surface area (Å²) in [6, 6.07) is 6.01. The summed E-state index contributed by atoms with van der Waals surface area (Å²) in [4.78, 5) is 2.41. The van der Waals surface area contributed by atoms with Crippen molar-refractivity contribution in [2.75, 3.05) is 32.0 Å². The van der Waals surface area contributed by atoms with Crippen LogP contribution in [-0.2, 0) is 0 Å². The van der Waals surface area contributed by atoms with Gasteiger partial charge in [-0.1, -0.05) is 11.6 Å². The molecule has 1 aliphatic heterocycles. The molecule has 0 saturated carbocycles. The van der Waals surface area contributed by atoms with Crippen LogP contribution < -0.4 is 5.32 Å². The number of piperidine rings is 1. The summed E-state index contributed by atoms with van der Waals surface area (Å²) < 4.78 is 0.946. The SMILES string of the molecule is CN1CCCC(CNc2ccc(Br)c(Cl)c2)C1. The van der Waals surface area contributed by atoms with Gasteiger partial charge in [-0.05, 0) is 66.5 Å². The van der Waals surface area contributed by atoms with Crippen LogP contribution in [0.3, 0.4) is 0 Å². The van der Waals surface area contributed by atoms with Gasteiger partial charge in [-0.2, -0.15) is 0 Å². The number of hydrogen-bond donors (Lipinski definition) is 1. The third-order valence-corrected chi connectivity index (χ3v) is 4.47. The number of likely N-dealkylation sites (tertiary alicyclic amines) is 1. The van der Waals surface area contributed by atoms with Crippen LogP contribution in [0.5, 0.6) is 0 Å². The number of benzene rings is 1. The van der Waals surface area contributed by atoms with Gasteiger partial charge in [0.15, 0.2) is 0 Å². The van der Waals surface area contributed by atoms with Gasteiger partial charge in [0.1, 0.15) is 0 Å². The Labute approximate surface area is 116 Å². The van der Waals surface area contributed by atoms with E-state index in [1.165, 1.54) is 25.9 Å². The monoisotopic (exact) mass is 316 g/mol. The van der Waals surface area contributed by atoms with Gasteiger partial charge in [0, 0.05) is 23.2 Å². The van der Waals surface area contributed by atoms with E-state index >= 15 is 0 Å². The molecular formula is C13H18BrClN2.